The lowest BCUT2D eigenvalue weighted by molar-refractivity contribution is -0.123. The van der Waals surface area contributed by atoms with Crippen LogP contribution in [-0.2, 0) is 16.1 Å². The van der Waals surface area contributed by atoms with E-state index in [4.69, 9.17) is 10.5 Å². The summed E-state index contributed by atoms with van der Waals surface area (Å²) in [6.07, 6.45) is 1.28. The molecule has 9 heteroatoms. The van der Waals surface area contributed by atoms with Gasteiger partial charge in [-0.15, -0.1) is 5.10 Å². The fourth-order valence-corrected chi connectivity index (χ4v) is 3.38. The average molecular weight is 362 g/mol. The monoisotopic (exact) mass is 362 g/mol. The molecule has 1 atom stereocenters. The number of likely N-dealkylation sites (tertiary alicyclic amines) is 1. The first-order valence-electron chi connectivity index (χ1n) is 8.64. The van der Waals surface area contributed by atoms with Crippen molar-refractivity contribution >= 4 is 5.91 Å². The highest BCUT2D eigenvalue weighted by atomic mass is 19.1. The maximum atomic E-state index is 14.6. The molecule has 3 rings (SSSR count). The summed E-state index contributed by atoms with van der Waals surface area (Å²) in [6.45, 7) is 2.15. The van der Waals surface area contributed by atoms with Crippen molar-refractivity contribution in [3.63, 3.8) is 0 Å². The Hall–Kier alpha value is -2.39. The van der Waals surface area contributed by atoms with Gasteiger partial charge >= 0.3 is 0 Å². The van der Waals surface area contributed by atoms with Crippen LogP contribution >= 0.6 is 0 Å². The minimum Gasteiger partial charge on any atom is -0.383 e. The summed E-state index contributed by atoms with van der Waals surface area (Å²) in [5.41, 5.74) is 5.94. The van der Waals surface area contributed by atoms with Crippen molar-refractivity contribution in [3.05, 3.63) is 41.5 Å². The predicted molar refractivity (Wildman–Crippen MR) is 91.4 cm³/mol. The molecule has 1 aromatic carbocycles. The first-order chi connectivity index (χ1) is 12.6. The van der Waals surface area contributed by atoms with Gasteiger partial charge in [0, 0.05) is 18.6 Å². The highest BCUT2D eigenvalue weighted by Crippen LogP contribution is 2.32. The number of ether oxygens (including phenoxy) is 1. The molecule has 1 aromatic heterocycles. The number of rotatable bonds is 7. The van der Waals surface area contributed by atoms with Crippen LogP contribution in [0.2, 0.25) is 0 Å². The molecule has 0 aliphatic carbocycles. The van der Waals surface area contributed by atoms with E-state index in [1.807, 2.05) is 0 Å². The third-order valence-electron chi connectivity index (χ3n) is 4.81. The van der Waals surface area contributed by atoms with Crippen LogP contribution in [0.15, 0.2) is 24.3 Å². The van der Waals surface area contributed by atoms with E-state index < -0.39 is 6.04 Å². The highest BCUT2D eigenvalue weighted by Gasteiger charge is 2.33. The number of hydrogen-bond acceptors (Lipinski definition) is 6. The van der Waals surface area contributed by atoms with Crippen molar-refractivity contribution in [2.24, 2.45) is 11.7 Å². The number of carbonyl (C=O) groups is 1. The van der Waals surface area contributed by atoms with Gasteiger partial charge in [0.05, 0.1) is 13.2 Å². The van der Waals surface area contributed by atoms with Gasteiger partial charge in [-0.3, -0.25) is 9.69 Å². The molecule has 0 spiro atoms. The van der Waals surface area contributed by atoms with Crippen molar-refractivity contribution < 1.29 is 13.9 Å². The Bertz CT molecular complexity index is 744. The molecule has 0 radical (unpaired) electrons. The number of nitrogens with zero attached hydrogens (tertiary/aromatic N) is 5. The molecule has 140 valence electrons. The van der Waals surface area contributed by atoms with Gasteiger partial charge < -0.3 is 10.5 Å². The van der Waals surface area contributed by atoms with Crippen molar-refractivity contribution in [2.75, 3.05) is 26.8 Å². The van der Waals surface area contributed by atoms with Crippen LogP contribution in [-0.4, -0.2) is 57.8 Å². The second-order valence-corrected chi connectivity index (χ2v) is 6.39. The van der Waals surface area contributed by atoms with E-state index >= 15 is 0 Å². The summed E-state index contributed by atoms with van der Waals surface area (Å²) >= 11 is 0. The van der Waals surface area contributed by atoms with Gasteiger partial charge in [-0.05, 0) is 42.4 Å². The average Bonchev–Trinajstić information content (AvgIpc) is 3.10. The van der Waals surface area contributed by atoms with Crippen LogP contribution in [0.25, 0.3) is 0 Å². The fraction of sp³-hybridized carbons (Fsp3) is 0.529. The number of primary amides is 1. The molecule has 26 heavy (non-hydrogen) atoms. The van der Waals surface area contributed by atoms with Gasteiger partial charge in [-0.1, -0.05) is 18.2 Å². The zero-order chi connectivity index (χ0) is 18.5. The smallest absolute Gasteiger partial charge is 0.220 e. The maximum Gasteiger partial charge on any atom is 0.220 e. The third kappa shape index (κ3) is 3.88. The largest absolute Gasteiger partial charge is 0.383 e. The minimum absolute atomic E-state index is 0.142. The number of hydrogen-bond donors (Lipinski definition) is 1. The lowest BCUT2D eigenvalue weighted by Crippen LogP contribution is -2.42. The number of tetrazole rings is 1. The van der Waals surface area contributed by atoms with Crippen molar-refractivity contribution in [2.45, 2.75) is 25.4 Å². The summed E-state index contributed by atoms with van der Waals surface area (Å²) in [5, 5.41) is 12.0. The summed E-state index contributed by atoms with van der Waals surface area (Å²) in [7, 11) is 1.60. The molecule has 8 nitrogen and oxygen atoms in total. The predicted octanol–water partition coefficient (Wildman–Crippen LogP) is 0.745. The van der Waals surface area contributed by atoms with Gasteiger partial charge in [0.15, 0.2) is 5.82 Å². The van der Waals surface area contributed by atoms with Crippen LogP contribution in [0, 0.1) is 11.7 Å². The Balaban J connectivity index is 1.92. The van der Waals surface area contributed by atoms with E-state index in [2.05, 4.69) is 20.4 Å². The molecule has 0 saturated carbocycles. The Morgan fingerprint density at radius 3 is 2.77 bits per heavy atom. The van der Waals surface area contributed by atoms with Crippen LogP contribution in [0.1, 0.15) is 30.3 Å². The van der Waals surface area contributed by atoms with E-state index in [1.165, 1.54) is 6.07 Å². The van der Waals surface area contributed by atoms with E-state index in [9.17, 15) is 9.18 Å². The normalized spacial score (nSPS) is 17.3. The molecule has 1 amide bonds. The van der Waals surface area contributed by atoms with E-state index in [-0.39, 0.29) is 17.6 Å². The highest BCUT2D eigenvalue weighted by molar-refractivity contribution is 5.76. The molecular formula is C17H23FN6O2. The van der Waals surface area contributed by atoms with E-state index in [0.717, 1.165) is 0 Å². The number of carbonyl (C=O) groups excluding carboxylic acids is 1. The number of benzene rings is 1. The summed E-state index contributed by atoms with van der Waals surface area (Å²) in [5.74, 6) is -0.172. The van der Waals surface area contributed by atoms with Gasteiger partial charge in [0.2, 0.25) is 5.91 Å². The zero-order valence-electron chi connectivity index (χ0n) is 14.7. The molecule has 2 heterocycles. The SMILES string of the molecule is COCCn1nnnc1[C@@H](c1ccccc1F)N1CCC(C(N)=O)CC1. The number of nitrogens with two attached hydrogens (primary N) is 1. The Labute approximate surface area is 151 Å². The molecule has 1 saturated heterocycles. The van der Waals surface area contributed by atoms with E-state index in [1.54, 1.807) is 30.0 Å². The van der Waals surface area contributed by atoms with Crippen LogP contribution < -0.4 is 5.73 Å². The summed E-state index contributed by atoms with van der Waals surface area (Å²) < 4.78 is 21.3. The molecule has 2 N–H and O–H groups in total. The second kappa shape index (κ2) is 8.33. The van der Waals surface area contributed by atoms with Gasteiger partial charge in [-0.2, -0.15) is 0 Å². The lowest BCUT2D eigenvalue weighted by atomic mass is 9.93. The quantitative estimate of drug-likeness (QED) is 0.780. The van der Waals surface area contributed by atoms with Crippen LogP contribution in [0.3, 0.4) is 0 Å². The second-order valence-electron chi connectivity index (χ2n) is 6.39. The fourth-order valence-electron chi connectivity index (χ4n) is 3.38. The summed E-state index contributed by atoms with van der Waals surface area (Å²) in [4.78, 5) is 13.6. The Morgan fingerprint density at radius 2 is 2.12 bits per heavy atom. The number of halogens is 1. The molecular weight excluding hydrogens is 339 g/mol. The van der Waals surface area contributed by atoms with Gasteiger partial charge in [0.1, 0.15) is 11.9 Å². The molecule has 0 bridgehead atoms. The minimum atomic E-state index is -0.433. The number of aromatic nitrogens is 4. The standard InChI is InChI=1S/C17H23FN6O2/c1-26-11-10-24-17(20-21-22-24)15(13-4-2-3-5-14(13)18)23-8-6-12(7-9-23)16(19)25/h2-5,12,15H,6-11H2,1H3,(H2,19,25)/t15-/m1/s1. The maximum absolute atomic E-state index is 14.6. The third-order valence-corrected chi connectivity index (χ3v) is 4.81. The molecule has 1 aliphatic rings. The lowest BCUT2D eigenvalue weighted by Gasteiger charge is -2.36. The molecule has 1 aliphatic heterocycles. The van der Waals surface area contributed by atoms with Crippen molar-refractivity contribution in [1.29, 1.82) is 0 Å². The van der Waals surface area contributed by atoms with E-state index in [0.29, 0.717) is 50.5 Å². The summed E-state index contributed by atoms with van der Waals surface area (Å²) in [6, 6.07) is 6.20. The first kappa shape index (κ1) is 18.4. The van der Waals surface area contributed by atoms with Gasteiger partial charge in [-0.25, -0.2) is 9.07 Å². The van der Waals surface area contributed by atoms with Gasteiger partial charge in [0.25, 0.3) is 0 Å². The number of amides is 1. The van der Waals surface area contributed by atoms with Crippen molar-refractivity contribution in [3.8, 4) is 0 Å². The number of piperidine rings is 1. The zero-order valence-corrected chi connectivity index (χ0v) is 14.7. The Kier molecular flexibility index (Phi) is 5.89. The van der Waals surface area contributed by atoms with Crippen LogP contribution in [0.4, 0.5) is 4.39 Å². The van der Waals surface area contributed by atoms with Crippen LogP contribution in [0.5, 0.6) is 0 Å². The van der Waals surface area contributed by atoms with Crippen molar-refractivity contribution in [1.82, 2.24) is 25.1 Å². The molecule has 0 unspecified atom stereocenters. The molecule has 1 fully saturated rings. The Morgan fingerprint density at radius 1 is 1.38 bits per heavy atom. The first-order valence-corrected chi connectivity index (χ1v) is 8.64. The molecule has 2 aromatic rings. The number of methoxy groups -OCH3 is 1. The topological polar surface area (TPSA) is 99.2 Å².